The van der Waals surface area contributed by atoms with Crippen LogP contribution >= 0.6 is 0 Å². The molecule has 0 spiro atoms. The fourth-order valence-corrected chi connectivity index (χ4v) is 1.06. The summed E-state index contributed by atoms with van der Waals surface area (Å²) in [5.74, 6) is 0.739. The SMILES string of the molecule is CC(C)(C)/C=C1\CCC(=O)O1. The van der Waals surface area contributed by atoms with E-state index in [0.717, 1.165) is 12.2 Å². The lowest BCUT2D eigenvalue weighted by Crippen LogP contribution is -2.01. The monoisotopic (exact) mass is 154 g/mol. The summed E-state index contributed by atoms with van der Waals surface area (Å²) < 4.78 is 4.96. The van der Waals surface area contributed by atoms with E-state index in [1.165, 1.54) is 0 Å². The Morgan fingerprint density at radius 3 is 2.36 bits per heavy atom. The highest BCUT2D eigenvalue weighted by molar-refractivity contribution is 5.73. The van der Waals surface area contributed by atoms with Gasteiger partial charge in [0.15, 0.2) is 0 Å². The van der Waals surface area contributed by atoms with Crippen molar-refractivity contribution in [1.82, 2.24) is 0 Å². The van der Waals surface area contributed by atoms with Crippen molar-refractivity contribution in [1.29, 1.82) is 0 Å². The van der Waals surface area contributed by atoms with E-state index in [0.29, 0.717) is 6.42 Å². The maximum atomic E-state index is 10.7. The van der Waals surface area contributed by atoms with Gasteiger partial charge in [0, 0.05) is 6.42 Å². The smallest absolute Gasteiger partial charge is 0.311 e. The number of carbonyl (C=O) groups excluding carboxylic acids is 1. The third kappa shape index (κ3) is 2.74. The van der Waals surface area contributed by atoms with Gasteiger partial charge in [0.1, 0.15) is 5.76 Å². The molecular weight excluding hydrogens is 140 g/mol. The lowest BCUT2D eigenvalue weighted by Gasteiger charge is -2.12. The molecule has 0 amide bonds. The predicted octanol–water partition coefficient (Wildman–Crippen LogP) is 2.25. The van der Waals surface area contributed by atoms with Gasteiger partial charge in [0.25, 0.3) is 0 Å². The first kappa shape index (κ1) is 8.31. The molecule has 11 heavy (non-hydrogen) atoms. The van der Waals surface area contributed by atoms with Gasteiger partial charge in [-0.05, 0) is 11.5 Å². The Morgan fingerprint density at radius 1 is 1.36 bits per heavy atom. The van der Waals surface area contributed by atoms with Crippen LogP contribution in [0.5, 0.6) is 0 Å². The first-order valence-corrected chi connectivity index (χ1v) is 3.90. The van der Waals surface area contributed by atoms with Crippen LogP contribution in [0.3, 0.4) is 0 Å². The zero-order valence-electron chi connectivity index (χ0n) is 7.31. The van der Waals surface area contributed by atoms with Gasteiger partial charge in [0.2, 0.25) is 0 Å². The quantitative estimate of drug-likeness (QED) is 0.500. The molecule has 1 saturated heterocycles. The van der Waals surface area contributed by atoms with Crippen LogP contribution in [0.15, 0.2) is 11.8 Å². The van der Waals surface area contributed by atoms with Crippen LogP contribution in [0.2, 0.25) is 0 Å². The molecule has 0 atom stereocenters. The molecule has 0 aromatic rings. The summed E-state index contributed by atoms with van der Waals surface area (Å²) in [4.78, 5) is 10.7. The molecule has 0 N–H and O–H groups in total. The molecule has 1 fully saturated rings. The Kier molecular flexibility index (Phi) is 2.03. The molecule has 1 rings (SSSR count). The van der Waals surface area contributed by atoms with Crippen LogP contribution in [0.25, 0.3) is 0 Å². The van der Waals surface area contributed by atoms with E-state index in [1.807, 2.05) is 6.08 Å². The summed E-state index contributed by atoms with van der Waals surface area (Å²) >= 11 is 0. The molecule has 0 saturated carbocycles. The number of carbonyl (C=O) groups is 1. The van der Waals surface area contributed by atoms with Gasteiger partial charge in [-0.2, -0.15) is 0 Å². The Morgan fingerprint density at radius 2 is 2.00 bits per heavy atom. The highest BCUT2D eigenvalue weighted by Gasteiger charge is 2.19. The molecule has 0 aliphatic carbocycles. The fraction of sp³-hybridized carbons (Fsp3) is 0.667. The van der Waals surface area contributed by atoms with E-state index in [4.69, 9.17) is 4.74 Å². The van der Waals surface area contributed by atoms with Gasteiger partial charge in [-0.25, -0.2) is 0 Å². The Bertz CT molecular complexity index is 196. The molecular formula is C9H14O2. The van der Waals surface area contributed by atoms with Crippen molar-refractivity contribution in [3.8, 4) is 0 Å². The van der Waals surface area contributed by atoms with Gasteiger partial charge < -0.3 is 4.74 Å². The minimum atomic E-state index is -0.0968. The van der Waals surface area contributed by atoms with Gasteiger partial charge in [-0.1, -0.05) is 20.8 Å². The Hall–Kier alpha value is -0.790. The molecule has 0 aromatic heterocycles. The van der Waals surface area contributed by atoms with Crippen molar-refractivity contribution in [3.63, 3.8) is 0 Å². The molecule has 0 radical (unpaired) electrons. The topological polar surface area (TPSA) is 26.3 Å². The standard InChI is InChI=1S/C9H14O2/c1-9(2,3)6-7-4-5-8(10)11-7/h6H,4-5H2,1-3H3/b7-6+. The minimum Gasteiger partial charge on any atom is -0.431 e. The highest BCUT2D eigenvalue weighted by Crippen LogP contribution is 2.24. The molecule has 0 unspecified atom stereocenters. The van der Waals surface area contributed by atoms with Gasteiger partial charge >= 0.3 is 5.97 Å². The number of ether oxygens (including phenoxy) is 1. The summed E-state index contributed by atoms with van der Waals surface area (Å²) in [6, 6.07) is 0. The Balaban J connectivity index is 2.62. The van der Waals surface area contributed by atoms with E-state index >= 15 is 0 Å². The average Bonchev–Trinajstić information content (AvgIpc) is 2.10. The normalized spacial score (nSPS) is 22.5. The molecule has 0 aromatic carbocycles. The first-order chi connectivity index (χ1) is 4.97. The zero-order valence-corrected chi connectivity index (χ0v) is 7.31. The zero-order chi connectivity index (χ0) is 8.48. The minimum absolute atomic E-state index is 0.0968. The molecule has 2 heteroatoms. The van der Waals surface area contributed by atoms with Crippen molar-refractivity contribution in [3.05, 3.63) is 11.8 Å². The second-order valence-corrected chi connectivity index (χ2v) is 3.95. The largest absolute Gasteiger partial charge is 0.431 e. The van der Waals surface area contributed by atoms with E-state index in [9.17, 15) is 4.79 Å². The summed E-state index contributed by atoms with van der Waals surface area (Å²) in [6.45, 7) is 6.27. The number of cyclic esters (lactones) is 1. The molecule has 1 aliphatic rings. The van der Waals surface area contributed by atoms with Crippen LogP contribution in [0.4, 0.5) is 0 Å². The molecule has 0 bridgehead atoms. The summed E-state index contributed by atoms with van der Waals surface area (Å²) in [5, 5.41) is 0. The van der Waals surface area contributed by atoms with Gasteiger partial charge in [0.05, 0.1) is 6.42 Å². The molecule has 1 heterocycles. The van der Waals surface area contributed by atoms with Crippen LogP contribution in [-0.2, 0) is 9.53 Å². The van der Waals surface area contributed by atoms with E-state index in [1.54, 1.807) is 0 Å². The lowest BCUT2D eigenvalue weighted by atomic mass is 9.95. The average molecular weight is 154 g/mol. The summed E-state index contributed by atoms with van der Waals surface area (Å²) in [5.41, 5.74) is 0.111. The Labute approximate surface area is 67.2 Å². The number of allylic oxidation sites excluding steroid dienone is 2. The van der Waals surface area contributed by atoms with Crippen LogP contribution in [0, 0.1) is 5.41 Å². The van der Waals surface area contributed by atoms with Gasteiger partial charge in [-0.15, -0.1) is 0 Å². The maximum Gasteiger partial charge on any atom is 0.311 e. The van der Waals surface area contributed by atoms with Crippen LogP contribution in [0.1, 0.15) is 33.6 Å². The second kappa shape index (κ2) is 2.68. The van der Waals surface area contributed by atoms with Crippen LogP contribution < -0.4 is 0 Å². The number of hydrogen-bond acceptors (Lipinski definition) is 2. The van der Waals surface area contributed by atoms with Crippen molar-refractivity contribution in [2.75, 3.05) is 0 Å². The number of rotatable bonds is 0. The molecule has 1 aliphatic heterocycles. The van der Waals surface area contributed by atoms with Crippen molar-refractivity contribution in [2.45, 2.75) is 33.6 Å². The van der Waals surface area contributed by atoms with Crippen molar-refractivity contribution in [2.24, 2.45) is 5.41 Å². The third-order valence-corrected chi connectivity index (χ3v) is 1.41. The molecule has 2 nitrogen and oxygen atoms in total. The summed E-state index contributed by atoms with van der Waals surface area (Å²) in [6.07, 6.45) is 3.33. The second-order valence-electron chi connectivity index (χ2n) is 3.95. The van der Waals surface area contributed by atoms with Crippen molar-refractivity contribution >= 4 is 5.97 Å². The van der Waals surface area contributed by atoms with Crippen molar-refractivity contribution < 1.29 is 9.53 Å². The number of esters is 1. The van der Waals surface area contributed by atoms with E-state index in [-0.39, 0.29) is 11.4 Å². The summed E-state index contributed by atoms with van der Waals surface area (Å²) in [7, 11) is 0. The third-order valence-electron chi connectivity index (χ3n) is 1.41. The highest BCUT2D eigenvalue weighted by atomic mass is 16.5. The number of hydrogen-bond donors (Lipinski definition) is 0. The van der Waals surface area contributed by atoms with E-state index in [2.05, 4.69) is 20.8 Å². The maximum absolute atomic E-state index is 10.7. The predicted molar refractivity (Wildman–Crippen MR) is 42.9 cm³/mol. The first-order valence-electron chi connectivity index (χ1n) is 3.90. The van der Waals surface area contributed by atoms with E-state index < -0.39 is 0 Å². The lowest BCUT2D eigenvalue weighted by molar-refractivity contribution is -0.135. The molecule has 62 valence electrons. The fourth-order valence-electron chi connectivity index (χ4n) is 1.06. The van der Waals surface area contributed by atoms with Gasteiger partial charge in [-0.3, -0.25) is 4.79 Å². The van der Waals surface area contributed by atoms with Crippen LogP contribution in [-0.4, -0.2) is 5.97 Å².